The van der Waals surface area contributed by atoms with Gasteiger partial charge in [-0.25, -0.2) is 9.67 Å². The Hall–Kier alpha value is -2.21. The second-order valence-electron chi connectivity index (χ2n) is 4.49. The first-order valence-corrected chi connectivity index (χ1v) is 6.89. The fraction of sp³-hybridized carbons (Fsp3) is 0.214. The summed E-state index contributed by atoms with van der Waals surface area (Å²) in [5.74, 6) is 1.55. The number of fused-ring (bicyclic) bond motifs is 1. The molecule has 0 amide bonds. The van der Waals surface area contributed by atoms with Gasteiger partial charge in [0.15, 0.2) is 12.0 Å². The summed E-state index contributed by atoms with van der Waals surface area (Å²) in [5.41, 5.74) is 2.27. The van der Waals surface area contributed by atoms with E-state index in [0.29, 0.717) is 0 Å². The molecule has 102 valence electrons. The Kier molecular flexibility index (Phi) is 3.02. The highest BCUT2D eigenvalue weighted by atomic mass is 32.1. The summed E-state index contributed by atoms with van der Waals surface area (Å²) in [6, 6.07) is 8.23. The van der Waals surface area contributed by atoms with Crippen LogP contribution in [0.4, 0.5) is 5.95 Å². The number of nitrogens with one attached hydrogen (secondary N) is 1. The molecule has 2 aromatic heterocycles. The molecular weight excluding hydrogens is 270 g/mol. The van der Waals surface area contributed by atoms with E-state index in [2.05, 4.69) is 39.4 Å². The van der Waals surface area contributed by atoms with Gasteiger partial charge < -0.3 is 5.32 Å². The lowest BCUT2D eigenvalue weighted by Crippen LogP contribution is -2.32. The molecule has 1 atom stereocenters. The molecule has 0 saturated heterocycles. The fourth-order valence-electron chi connectivity index (χ4n) is 2.08. The molecule has 0 radical (unpaired) electrons. The second-order valence-corrected chi connectivity index (χ2v) is 5.41. The molecule has 0 fully saturated rings. The molecule has 3 aromatic rings. The minimum absolute atomic E-state index is 0. The van der Waals surface area contributed by atoms with Crippen molar-refractivity contribution in [1.29, 1.82) is 0 Å². The van der Waals surface area contributed by atoms with E-state index in [4.69, 9.17) is 0 Å². The third-order valence-corrected chi connectivity index (χ3v) is 3.96. The van der Waals surface area contributed by atoms with E-state index in [9.17, 15) is 0 Å². The van der Waals surface area contributed by atoms with Crippen LogP contribution in [0.1, 0.15) is 24.2 Å². The number of hydrogen-bond donors (Lipinski definition) is 1. The van der Waals surface area contributed by atoms with E-state index in [1.165, 1.54) is 5.56 Å². The first kappa shape index (κ1) is 12.8. The van der Waals surface area contributed by atoms with Crippen molar-refractivity contribution < 1.29 is 0 Å². The van der Waals surface area contributed by atoms with E-state index in [0.717, 1.165) is 22.3 Å². The zero-order valence-electron chi connectivity index (χ0n) is 10.2. The minimum Gasteiger partial charge on any atom is -0.327 e. The van der Waals surface area contributed by atoms with Crippen LogP contribution in [0.15, 0.2) is 35.8 Å². The first-order chi connectivity index (χ1) is 9.31. The van der Waals surface area contributed by atoms with Crippen LogP contribution in [0.3, 0.4) is 0 Å². The van der Waals surface area contributed by atoms with Crippen LogP contribution in [0.5, 0.6) is 0 Å². The van der Waals surface area contributed by atoms with E-state index >= 15 is 0 Å². The van der Waals surface area contributed by atoms with Gasteiger partial charge in [0.2, 0.25) is 5.95 Å². The number of anilines is 1. The third-order valence-electron chi connectivity index (χ3n) is 3.14. The van der Waals surface area contributed by atoms with Gasteiger partial charge in [0, 0.05) is 17.1 Å². The van der Waals surface area contributed by atoms with Crippen LogP contribution in [0, 0.1) is 6.92 Å². The zero-order valence-corrected chi connectivity index (χ0v) is 11.1. The summed E-state index contributed by atoms with van der Waals surface area (Å²) in [7, 11) is 0. The maximum absolute atomic E-state index is 4.54. The van der Waals surface area contributed by atoms with E-state index in [-0.39, 0.29) is 13.6 Å². The molecule has 0 bridgehead atoms. The molecule has 0 saturated carbocycles. The number of aryl methyl sites for hydroxylation is 1. The van der Waals surface area contributed by atoms with Crippen LogP contribution in [0.25, 0.3) is 11.4 Å². The molecule has 1 N–H and O–H groups in total. The first-order valence-electron chi connectivity index (χ1n) is 6.01. The van der Waals surface area contributed by atoms with Gasteiger partial charge in [-0.3, -0.25) is 0 Å². The number of aromatic nitrogens is 4. The van der Waals surface area contributed by atoms with Crippen molar-refractivity contribution >= 4 is 17.3 Å². The molecule has 5 nitrogen and oxygen atoms in total. The van der Waals surface area contributed by atoms with Gasteiger partial charge >= 0.3 is 0 Å². The van der Waals surface area contributed by atoms with Gasteiger partial charge in [-0.2, -0.15) is 4.98 Å². The summed E-state index contributed by atoms with van der Waals surface area (Å²) >= 11 is 1.62. The van der Waals surface area contributed by atoms with Crippen LogP contribution < -0.4 is 5.32 Å². The smallest absolute Gasteiger partial charge is 0.226 e. The van der Waals surface area contributed by atoms with Crippen LogP contribution in [-0.2, 0) is 0 Å². The van der Waals surface area contributed by atoms with E-state index in [1.807, 2.05) is 22.2 Å². The van der Waals surface area contributed by atoms with Gasteiger partial charge in [0.05, 0.1) is 0 Å². The Bertz CT molecular complexity index is 715. The van der Waals surface area contributed by atoms with Gasteiger partial charge in [-0.1, -0.05) is 37.3 Å². The summed E-state index contributed by atoms with van der Waals surface area (Å²) in [6.07, 6.45) is 1.83. The highest BCUT2D eigenvalue weighted by molar-refractivity contribution is 7.09. The van der Waals surface area contributed by atoms with Crippen molar-refractivity contribution in [2.24, 2.45) is 0 Å². The summed E-state index contributed by atoms with van der Waals surface area (Å²) < 4.78 is 1.88. The summed E-state index contributed by atoms with van der Waals surface area (Å²) in [4.78, 5) is 8.77. The molecular formula is C14H15N5S. The predicted molar refractivity (Wildman–Crippen MR) is 80.8 cm³/mol. The molecule has 6 heteroatoms. The normalized spacial score (nSPS) is 15.8. The maximum atomic E-state index is 4.54. The lowest BCUT2D eigenvalue weighted by atomic mass is 10.1. The van der Waals surface area contributed by atoms with Crippen LogP contribution in [-0.4, -0.2) is 19.7 Å². The van der Waals surface area contributed by atoms with Gasteiger partial charge in [-0.15, -0.1) is 16.4 Å². The van der Waals surface area contributed by atoms with Gasteiger partial charge in [0.25, 0.3) is 0 Å². The molecule has 1 aliphatic rings. The Morgan fingerprint density at radius 2 is 2.05 bits per heavy atom. The molecule has 20 heavy (non-hydrogen) atoms. The standard InChI is InChI=1S/C13H11N5S.CH4/c1-8-2-4-9(5-3-8)10-15-13-16-11(18(13)17-10)12-14-6-7-19-12;/h2-7,11H,1H3,(H,15,16,17);1H4. The van der Waals surface area contributed by atoms with E-state index < -0.39 is 0 Å². The van der Waals surface area contributed by atoms with Crippen molar-refractivity contribution in [2.75, 3.05) is 5.32 Å². The molecule has 1 unspecified atom stereocenters. The molecule has 4 rings (SSSR count). The Labute approximate surface area is 121 Å². The van der Waals surface area contributed by atoms with Crippen molar-refractivity contribution in [1.82, 2.24) is 19.7 Å². The molecule has 1 aromatic carbocycles. The molecule has 0 spiro atoms. The monoisotopic (exact) mass is 285 g/mol. The second kappa shape index (κ2) is 4.72. The molecule has 3 heterocycles. The largest absolute Gasteiger partial charge is 0.327 e. The van der Waals surface area contributed by atoms with Gasteiger partial charge in [-0.05, 0) is 6.92 Å². The van der Waals surface area contributed by atoms with E-state index in [1.54, 1.807) is 17.5 Å². The lowest BCUT2D eigenvalue weighted by Gasteiger charge is -2.26. The number of hydrogen-bond acceptors (Lipinski definition) is 5. The predicted octanol–water partition coefficient (Wildman–Crippen LogP) is 3.32. The van der Waals surface area contributed by atoms with Crippen LogP contribution in [0.2, 0.25) is 0 Å². The maximum Gasteiger partial charge on any atom is 0.226 e. The van der Waals surface area contributed by atoms with Crippen molar-refractivity contribution in [3.05, 3.63) is 46.4 Å². The zero-order chi connectivity index (χ0) is 12.8. The molecule has 1 aliphatic heterocycles. The minimum atomic E-state index is 0. The number of benzene rings is 1. The average Bonchev–Trinajstić information content (AvgIpc) is 3.01. The average molecular weight is 285 g/mol. The van der Waals surface area contributed by atoms with Crippen molar-refractivity contribution in [2.45, 2.75) is 20.5 Å². The Morgan fingerprint density at radius 3 is 2.75 bits per heavy atom. The Balaban J connectivity index is 0.00000121. The van der Waals surface area contributed by atoms with Gasteiger partial charge in [0.1, 0.15) is 5.01 Å². The van der Waals surface area contributed by atoms with Crippen molar-refractivity contribution in [3.63, 3.8) is 0 Å². The number of rotatable bonds is 2. The summed E-state index contributed by atoms with van der Waals surface area (Å²) in [5, 5.41) is 10.8. The third kappa shape index (κ3) is 1.89. The SMILES string of the molecule is C.Cc1ccc(-c2nc3n(n2)C(c2nccs2)N3)cc1. The number of thiazole rings is 1. The van der Waals surface area contributed by atoms with Crippen molar-refractivity contribution in [3.8, 4) is 11.4 Å². The quantitative estimate of drug-likeness (QED) is 0.784. The lowest BCUT2D eigenvalue weighted by molar-refractivity contribution is 0.508. The number of nitrogens with zero attached hydrogens (tertiary/aromatic N) is 4. The Morgan fingerprint density at radius 1 is 1.25 bits per heavy atom. The summed E-state index contributed by atoms with van der Waals surface area (Å²) in [6.45, 7) is 2.07. The highest BCUT2D eigenvalue weighted by Gasteiger charge is 2.32. The molecule has 0 aliphatic carbocycles. The van der Waals surface area contributed by atoms with Crippen LogP contribution >= 0.6 is 11.3 Å². The highest BCUT2D eigenvalue weighted by Crippen LogP contribution is 2.33. The fourth-order valence-corrected chi connectivity index (χ4v) is 2.75. The topological polar surface area (TPSA) is 55.6 Å².